The van der Waals surface area contributed by atoms with Gasteiger partial charge in [-0.1, -0.05) is 20.3 Å². The van der Waals surface area contributed by atoms with Gasteiger partial charge in [0.1, 0.15) is 5.75 Å². The fraction of sp³-hybridized carbons (Fsp3) is 0.462. The molecule has 0 radical (unpaired) electrons. The standard InChI is InChI=1S/C13H19NO/c1-4-11(2)9-14-10-12-5-7-13(15-3)8-6-12/h5-8,10-11H,4,9H2,1-3H3/b14-10+. The highest BCUT2D eigenvalue weighted by molar-refractivity contribution is 5.79. The Morgan fingerprint density at radius 1 is 1.33 bits per heavy atom. The van der Waals surface area contributed by atoms with Crippen molar-refractivity contribution in [1.82, 2.24) is 0 Å². The van der Waals surface area contributed by atoms with Crippen molar-refractivity contribution < 1.29 is 4.74 Å². The molecule has 0 saturated carbocycles. The third kappa shape index (κ3) is 4.15. The van der Waals surface area contributed by atoms with Crippen LogP contribution in [0.1, 0.15) is 25.8 Å². The van der Waals surface area contributed by atoms with Gasteiger partial charge in [0.25, 0.3) is 0 Å². The van der Waals surface area contributed by atoms with Crippen LogP contribution < -0.4 is 4.74 Å². The molecule has 0 amide bonds. The Morgan fingerprint density at radius 2 is 2.00 bits per heavy atom. The molecule has 0 spiro atoms. The second kappa shape index (κ2) is 6.23. The molecule has 0 fully saturated rings. The third-order valence-corrected chi connectivity index (χ3v) is 2.47. The van der Waals surface area contributed by atoms with Gasteiger partial charge in [0, 0.05) is 12.8 Å². The minimum absolute atomic E-state index is 0.666. The van der Waals surface area contributed by atoms with Crippen molar-refractivity contribution in [3.05, 3.63) is 29.8 Å². The summed E-state index contributed by atoms with van der Waals surface area (Å²) in [5, 5.41) is 0. The van der Waals surface area contributed by atoms with Crippen molar-refractivity contribution in [2.75, 3.05) is 13.7 Å². The average molecular weight is 205 g/mol. The van der Waals surface area contributed by atoms with Crippen LogP contribution in [-0.2, 0) is 0 Å². The summed E-state index contributed by atoms with van der Waals surface area (Å²) in [7, 11) is 1.67. The van der Waals surface area contributed by atoms with Crippen LogP contribution in [0.2, 0.25) is 0 Å². The van der Waals surface area contributed by atoms with Gasteiger partial charge in [-0.15, -0.1) is 0 Å². The molecule has 0 aliphatic carbocycles. The molecular formula is C13H19NO. The molecule has 0 N–H and O–H groups in total. The molecule has 2 heteroatoms. The fourth-order valence-corrected chi connectivity index (χ4v) is 1.16. The zero-order valence-corrected chi connectivity index (χ0v) is 9.73. The first-order valence-electron chi connectivity index (χ1n) is 5.40. The van der Waals surface area contributed by atoms with Gasteiger partial charge in [-0.3, -0.25) is 4.99 Å². The van der Waals surface area contributed by atoms with Gasteiger partial charge in [-0.2, -0.15) is 0 Å². The van der Waals surface area contributed by atoms with E-state index in [0.717, 1.165) is 17.9 Å². The van der Waals surface area contributed by atoms with Crippen LogP contribution in [0.25, 0.3) is 0 Å². The van der Waals surface area contributed by atoms with Gasteiger partial charge < -0.3 is 4.74 Å². The van der Waals surface area contributed by atoms with Gasteiger partial charge in [0.15, 0.2) is 0 Å². The maximum atomic E-state index is 5.08. The second-order valence-electron chi connectivity index (χ2n) is 3.78. The normalized spacial score (nSPS) is 13.0. The SMILES string of the molecule is CCC(C)C/N=C/c1ccc(OC)cc1. The first-order chi connectivity index (χ1) is 7.26. The molecule has 2 nitrogen and oxygen atoms in total. The highest BCUT2D eigenvalue weighted by Crippen LogP contribution is 2.10. The summed E-state index contributed by atoms with van der Waals surface area (Å²) in [6.45, 7) is 5.31. The molecule has 1 rings (SSSR count). The molecule has 1 aromatic rings. The molecule has 82 valence electrons. The number of ether oxygens (including phenoxy) is 1. The summed E-state index contributed by atoms with van der Waals surface area (Å²) in [6, 6.07) is 7.92. The quantitative estimate of drug-likeness (QED) is 0.677. The van der Waals surface area contributed by atoms with E-state index >= 15 is 0 Å². The number of hydrogen-bond acceptors (Lipinski definition) is 2. The van der Waals surface area contributed by atoms with Gasteiger partial charge in [-0.05, 0) is 35.7 Å². The van der Waals surface area contributed by atoms with E-state index in [9.17, 15) is 0 Å². The lowest BCUT2D eigenvalue weighted by Crippen LogP contribution is -1.97. The lowest BCUT2D eigenvalue weighted by Gasteiger charge is -2.02. The van der Waals surface area contributed by atoms with Gasteiger partial charge >= 0.3 is 0 Å². The molecule has 0 bridgehead atoms. The Balaban J connectivity index is 2.49. The highest BCUT2D eigenvalue weighted by atomic mass is 16.5. The molecule has 0 heterocycles. The molecule has 1 aromatic carbocycles. The van der Waals surface area contributed by atoms with E-state index in [1.807, 2.05) is 30.5 Å². The van der Waals surface area contributed by atoms with Crippen molar-refractivity contribution in [1.29, 1.82) is 0 Å². The largest absolute Gasteiger partial charge is 0.497 e. The van der Waals surface area contributed by atoms with E-state index in [0.29, 0.717) is 5.92 Å². The van der Waals surface area contributed by atoms with Crippen molar-refractivity contribution in [2.45, 2.75) is 20.3 Å². The van der Waals surface area contributed by atoms with Crippen LogP contribution in [0, 0.1) is 5.92 Å². The maximum Gasteiger partial charge on any atom is 0.118 e. The Kier molecular flexibility index (Phi) is 4.88. The highest BCUT2D eigenvalue weighted by Gasteiger charge is 1.95. The summed E-state index contributed by atoms with van der Waals surface area (Å²) in [6.07, 6.45) is 3.10. The molecule has 0 saturated heterocycles. The van der Waals surface area contributed by atoms with Crippen LogP contribution in [0.4, 0.5) is 0 Å². The zero-order valence-electron chi connectivity index (χ0n) is 9.73. The summed E-state index contributed by atoms with van der Waals surface area (Å²) in [5.41, 5.74) is 1.12. The Hall–Kier alpha value is -1.31. The number of rotatable bonds is 5. The minimum atomic E-state index is 0.666. The van der Waals surface area contributed by atoms with Crippen molar-refractivity contribution >= 4 is 6.21 Å². The minimum Gasteiger partial charge on any atom is -0.497 e. The second-order valence-corrected chi connectivity index (χ2v) is 3.78. The van der Waals surface area contributed by atoms with E-state index in [4.69, 9.17) is 4.74 Å². The Labute approximate surface area is 92.0 Å². The van der Waals surface area contributed by atoms with Crippen LogP contribution in [-0.4, -0.2) is 19.9 Å². The molecule has 0 aromatic heterocycles. The average Bonchev–Trinajstić information content (AvgIpc) is 2.29. The molecule has 0 aliphatic rings. The number of benzene rings is 1. The summed E-state index contributed by atoms with van der Waals surface area (Å²) in [4.78, 5) is 4.40. The van der Waals surface area contributed by atoms with Crippen LogP contribution in [0.3, 0.4) is 0 Å². The number of nitrogens with zero attached hydrogens (tertiary/aromatic N) is 1. The number of aliphatic imine (C=N–C) groups is 1. The summed E-state index contributed by atoms with van der Waals surface area (Å²) >= 11 is 0. The van der Waals surface area contributed by atoms with E-state index in [1.165, 1.54) is 6.42 Å². The number of hydrogen-bond donors (Lipinski definition) is 0. The summed E-state index contributed by atoms with van der Waals surface area (Å²) in [5.74, 6) is 1.55. The van der Waals surface area contributed by atoms with Crippen LogP contribution in [0.15, 0.2) is 29.3 Å². The van der Waals surface area contributed by atoms with E-state index in [-0.39, 0.29) is 0 Å². The Bertz CT molecular complexity index is 303. The van der Waals surface area contributed by atoms with E-state index in [2.05, 4.69) is 18.8 Å². The number of methoxy groups -OCH3 is 1. The first-order valence-corrected chi connectivity index (χ1v) is 5.40. The third-order valence-electron chi connectivity index (χ3n) is 2.47. The zero-order chi connectivity index (χ0) is 11.1. The van der Waals surface area contributed by atoms with E-state index < -0.39 is 0 Å². The predicted molar refractivity (Wildman–Crippen MR) is 64.9 cm³/mol. The van der Waals surface area contributed by atoms with Crippen molar-refractivity contribution in [3.8, 4) is 5.75 Å². The molecule has 1 atom stereocenters. The van der Waals surface area contributed by atoms with Crippen molar-refractivity contribution in [3.63, 3.8) is 0 Å². The van der Waals surface area contributed by atoms with Crippen LogP contribution >= 0.6 is 0 Å². The Morgan fingerprint density at radius 3 is 2.53 bits per heavy atom. The summed E-state index contributed by atoms with van der Waals surface area (Å²) < 4.78 is 5.08. The van der Waals surface area contributed by atoms with Gasteiger partial charge in [0.2, 0.25) is 0 Å². The maximum absolute atomic E-state index is 5.08. The fourth-order valence-electron chi connectivity index (χ4n) is 1.16. The lowest BCUT2D eigenvalue weighted by atomic mass is 10.1. The molecular weight excluding hydrogens is 186 g/mol. The molecule has 15 heavy (non-hydrogen) atoms. The first kappa shape index (κ1) is 11.8. The van der Waals surface area contributed by atoms with E-state index in [1.54, 1.807) is 7.11 Å². The lowest BCUT2D eigenvalue weighted by molar-refractivity contribution is 0.415. The van der Waals surface area contributed by atoms with Crippen LogP contribution in [0.5, 0.6) is 5.75 Å². The van der Waals surface area contributed by atoms with Gasteiger partial charge in [0.05, 0.1) is 7.11 Å². The molecule has 1 unspecified atom stereocenters. The topological polar surface area (TPSA) is 21.6 Å². The smallest absolute Gasteiger partial charge is 0.118 e. The van der Waals surface area contributed by atoms with Crippen molar-refractivity contribution in [2.24, 2.45) is 10.9 Å². The predicted octanol–water partition coefficient (Wildman–Crippen LogP) is 3.16. The molecule has 0 aliphatic heterocycles. The monoisotopic (exact) mass is 205 g/mol. The van der Waals surface area contributed by atoms with Gasteiger partial charge in [-0.25, -0.2) is 0 Å².